The predicted octanol–water partition coefficient (Wildman–Crippen LogP) is 1.75. The minimum atomic E-state index is -0.650. The zero-order chi connectivity index (χ0) is 15.4. The smallest absolute Gasteiger partial charge is 0.280 e. The van der Waals surface area contributed by atoms with Crippen LogP contribution in [0.15, 0.2) is 18.2 Å². The maximum atomic E-state index is 11.0. The molecule has 1 aromatic carbocycles. The molecule has 0 bridgehead atoms. The Morgan fingerprint density at radius 1 is 1.24 bits per heavy atom. The molecule has 114 valence electrons. The fourth-order valence-electron chi connectivity index (χ4n) is 2.75. The van der Waals surface area contributed by atoms with Crippen molar-refractivity contribution in [3.05, 3.63) is 44.0 Å². The summed E-state index contributed by atoms with van der Waals surface area (Å²) in [5.41, 5.74) is -0.135. The Labute approximate surface area is 121 Å². The number of aliphatic hydroxyl groups excluding tert-OH is 1. The van der Waals surface area contributed by atoms with E-state index in [4.69, 9.17) is 0 Å². The molecule has 1 saturated carbocycles. The van der Waals surface area contributed by atoms with E-state index in [1.807, 2.05) is 0 Å². The van der Waals surface area contributed by atoms with Crippen LogP contribution in [0.4, 0.5) is 11.4 Å². The van der Waals surface area contributed by atoms with Crippen molar-refractivity contribution in [1.82, 2.24) is 5.32 Å². The largest absolute Gasteiger partial charge is 0.396 e. The second-order valence-electron chi connectivity index (χ2n) is 5.19. The van der Waals surface area contributed by atoms with Crippen molar-refractivity contribution < 1.29 is 15.0 Å². The first-order valence-corrected chi connectivity index (χ1v) is 6.79. The van der Waals surface area contributed by atoms with Crippen LogP contribution in [0.1, 0.15) is 24.8 Å². The van der Waals surface area contributed by atoms with Gasteiger partial charge in [0, 0.05) is 30.8 Å². The Hall–Kier alpha value is -2.06. The standard InChI is InChI=1S/C13H17N3O5/c17-8-10-2-1-3-12(10)14-7-9-4-5-11(15(18)19)6-13(9)16(20)21/h4-6,10,12,14,17H,1-3,7-8H2. The van der Waals surface area contributed by atoms with Crippen molar-refractivity contribution in [1.29, 1.82) is 0 Å². The lowest BCUT2D eigenvalue weighted by Gasteiger charge is -2.18. The molecule has 0 saturated heterocycles. The number of nitrogens with one attached hydrogen (secondary N) is 1. The molecule has 0 heterocycles. The fraction of sp³-hybridized carbons (Fsp3) is 0.538. The van der Waals surface area contributed by atoms with E-state index >= 15 is 0 Å². The van der Waals surface area contributed by atoms with Crippen molar-refractivity contribution in [2.75, 3.05) is 6.61 Å². The molecule has 0 aliphatic heterocycles. The van der Waals surface area contributed by atoms with E-state index in [9.17, 15) is 25.3 Å². The number of non-ortho nitro benzene ring substituents is 1. The van der Waals surface area contributed by atoms with Gasteiger partial charge in [0.1, 0.15) is 0 Å². The maximum Gasteiger partial charge on any atom is 0.280 e. The molecule has 0 amide bonds. The van der Waals surface area contributed by atoms with Gasteiger partial charge in [0.25, 0.3) is 11.4 Å². The summed E-state index contributed by atoms with van der Waals surface area (Å²) >= 11 is 0. The van der Waals surface area contributed by atoms with Crippen LogP contribution >= 0.6 is 0 Å². The van der Waals surface area contributed by atoms with Gasteiger partial charge in [-0.15, -0.1) is 0 Å². The van der Waals surface area contributed by atoms with Crippen molar-refractivity contribution in [2.45, 2.75) is 31.8 Å². The molecule has 1 fully saturated rings. The zero-order valence-corrected chi connectivity index (χ0v) is 11.4. The van der Waals surface area contributed by atoms with Gasteiger partial charge in [-0.25, -0.2) is 0 Å². The van der Waals surface area contributed by atoms with E-state index in [2.05, 4.69) is 5.32 Å². The Bertz CT molecular complexity index is 549. The number of nitrogens with zero attached hydrogens (tertiary/aromatic N) is 2. The molecule has 1 aromatic rings. The first kappa shape index (κ1) is 15.3. The molecule has 0 radical (unpaired) electrons. The highest BCUT2D eigenvalue weighted by atomic mass is 16.6. The second kappa shape index (κ2) is 6.59. The number of hydrogen-bond donors (Lipinski definition) is 2. The van der Waals surface area contributed by atoms with E-state index in [0.29, 0.717) is 5.56 Å². The highest BCUT2D eigenvalue weighted by Gasteiger charge is 2.27. The Morgan fingerprint density at radius 2 is 2.00 bits per heavy atom. The SMILES string of the molecule is O=[N+]([O-])c1ccc(CNC2CCCC2CO)c([N+](=O)[O-])c1. The molecule has 8 nitrogen and oxygen atoms in total. The maximum absolute atomic E-state index is 11.0. The fourth-order valence-corrected chi connectivity index (χ4v) is 2.75. The van der Waals surface area contributed by atoms with Gasteiger partial charge in [-0.3, -0.25) is 20.2 Å². The van der Waals surface area contributed by atoms with Gasteiger partial charge in [0.05, 0.1) is 15.9 Å². The van der Waals surface area contributed by atoms with E-state index in [-0.39, 0.29) is 36.5 Å². The van der Waals surface area contributed by atoms with Gasteiger partial charge in [-0.2, -0.15) is 0 Å². The summed E-state index contributed by atoms with van der Waals surface area (Å²) in [5.74, 6) is 0.169. The normalized spacial score (nSPS) is 21.4. The summed E-state index contributed by atoms with van der Waals surface area (Å²) in [6.07, 6.45) is 2.88. The molecule has 2 N–H and O–H groups in total. The third-order valence-corrected chi connectivity index (χ3v) is 3.92. The van der Waals surface area contributed by atoms with Crippen LogP contribution in [0, 0.1) is 26.1 Å². The minimum Gasteiger partial charge on any atom is -0.396 e. The van der Waals surface area contributed by atoms with Crippen LogP contribution in [-0.2, 0) is 6.54 Å². The van der Waals surface area contributed by atoms with Crippen LogP contribution in [0.2, 0.25) is 0 Å². The summed E-state index contributed by atoms with van der Waals surface area (Å²) in [4.78, 5) is 20.4. The lowest BCUT2D eigenvalue weighted by Crippen LogP contribution is -2.33. The van der Waals surface area contributed by atoms with E-state index in [1.165, 1.54) is 12.1 Å². The number of nitro benzene ring substituents is 2. The predicted molar refractivity (Wildman–Crippen MR) is 74.8 cm³/mol. The molecule has 2 atom stereocenters. The molecule has 1 aliphatic carbocycles. The van der Waals surface area contributed by atoms with E-state index in [1.54, 1.807) is 0 Å². The van der Waals surface area contributed by atoms with Gasteiger partial charge in [-0.1, -0.05) is 6.42 Å². The van der Waals surface area contributed by atoms with E-state index in [0.717, 1.165) is 25.3 Å². The Balaban J connectivity index is 2.12. The monoisotopic (exact) mass is 295 g/mol. The molecule has 1 aliphatic rings. The Morgan fingerprint density at radius 3 is 2.62 bits per heavy atom. The number of nitro groups is 2. The van der Waals surface area contributed by atoms with Crippen molar-refractivity contribution >= 4 is 11.4 Å². The van der Waals surface area contributed by atoms with Crippen LogP contribution in [0.3, 0.4) is 0 Å². The van der Waals surface area contributed by atoms with Gasteiger partial charge in [0.2, 0.25) is 0 Å². The van der Waals surface area contributed by atoms with Crippen LogP contribution in [0.25, 0.3) is 0 Å². The highest BCUT2D eigenvalue weighted by molar-refractivity contribution is 5.49. The average Bonchev–Trinajstić information content (AvgIpc) is 2.92. The summed E-state index contributed by atoms with van der Waals surface area (Å²) in [6, 6.07) is 3.79. The van der Waals surface area contributed by atoms with E-state index < -0.39 is 9.85 Å². The molecule has 0 aromatic heterocycles. The molecule has 0 spiro atoms. The van der Waals surface area contributed by atoms with Crippen LogP contribution < -0.4 is 5.32 Å². The van der Waals surface area contributed by atoms with Gasteiger partial charge >= 0.3 is 0 Å². The summed E-state index contributed by atoms with van der Waals surface area (Å²) in [5, 5.41) is 34.2. The number of benzene rings is 1. The quantitative estimate of drug-likeness (QED) is 0.609. The molecule has 2 unspecified atom stereocenters. The highest BCUT2D eigenvalue weighted by Crippen LogP contribution is 2.28. The van der Waals surface area contributed by atoms with Crippen molar-refractivity contribution in [3.8, 4) is 0 Å². The topological polar surface area (TPSA) is 119 Å². The van der Waals surface area contributed by atoms with Gasteiger partial charge in [-0.05, 0) is 24.8 Å². The summed E-state index contributed by atoms with van der Waals surface area (Å²) in [7, 11) is 0. The summed E-state index contributed by atoms with van der Waals surface area (Å²) in [6.45, 7) is 0.357. The van der Waals surface area contributed by atoms with Crippen LogP contribution in [0.5, 0.6) is 0 Å². The average molecular weight is 295 g/mol. The number of aliphatic hydroxyl groups is 1. The minimum absolute atomic E-state index is 0.0972. The first-order valence-electron chi connectivity index (χ1n) is 6.79. The first-order chi connectivity index (χ1) is 10.0. The molecule has 21 heavy (non-hydrogen) atoms. The zero-order valence-electron chi connectivity index (χ0n) is 11.4. The molecule has 8 heteroatoms. The molecular weight excluding hydrogens is 278 g/mol. The number of rotatable bonds is 6. The lowest BCUT2D eigenvalue weighted by atomic mass is 10.0. The third-order valence-electron chi connectivity index (χ3n) is 3.92. The van der Waals surface area contributed by atoms with Crippen LogP contribution in [-0.4, -0.2) is 27.6 Å². The molecule has 2 rings (SSSR count). The van der Waals surface area contributed by atoms with Gasteiger partial charge < -0.3 is 10.4 Å². The molecular formula is C13H17N3O5. The van der Waals surface area contributed by atoms with Gasteiger partial charge in [0.15, 0.2) is 0 Å². The number of hydrogen-bond acceptors (Lipinski definition) is 6. The van der Waals surface area contributed by atoms with Crippen molar-refractivity contribution in [2.24, 2.45) is 5.92 Å². The third kappa shape index (κ3) is 3.53. The summed E-state index contributed by atoms with van der Waals surface area (Å²) < 4.78 is 0. The lowest BCUT2D eigenvalue weighted by molar-refractivity contribution is -0.394. The Kier molecular flexibility index (Phi) is 4.81. The second-order valence-corrected chi connectivity index (χ2v) is 5.19. The van der Waals surface area contributed by atoms with Crippen molar-refractivity contribution in [3.63, 3.8) is 0 Å².